The summed E-state index contributed by atoms with van der Waals surface area (Å²) in [6.45, 7) is 4.67. The lowest BCUT2D eigenvalue weighted by atomic mass is 10.1. The second-order valence-corrected chi connectivity index (χ2v) is 8.07. The molecule has 1 N–H and O–H groups in total. The van der Waals surface area contributed by atoms with Crippen molar-refractivity contribution >= 4 is 51.8 Å². The number of benzene rings is 1. The molecule has 2 heterocycles. The van der Waals surface area contributed by atoms with Crippen LogP contribution in [0.4, 0.5) is 5.69 Å². The van der Waals surface area contributed by atoms with Gasteiger partial charge in [0.05, 0.1) is 22.1 Å². The van der Waals surface area contributed by atoms with Gasteiger partial charge in [-0.1, -0.05) is 29.8 Å². The summed E-state index contributed by atoms with van der Waals surface area (Å²) in [6, 6.07) is 12.4. The van der Waals surface area contributed by atoms with Crippen LogP contribution in [0.15, 0.2) is 65.9 Å². The van der Waals surface area contributed by atoms with Crippen molar-refractivity contribution < 1.29 is 9.59 Å². The van der Waals surface area contributed by atoms with E-state index in [0.717, 1.165) is 4.88 Å². The fourth-order valence-electron chi connectivity index (χ4n) is 2.49. The van der Waals surface area contributed by atoms with E-state index in [-0.39, 0.29) is 11.8 Å². The van der Waals surface area contributed by atoms with Gasteiger partial charge >= 0.3 is 0 Å². The average Bonchev–Trinajstić information content (AvgIpc) is 3.36. The smallest absolute Gasteiger partial charge is 0.265 e. The molecule has 0 fully saturated rings. The van der Waals surface area contributed by atoms with Crippen molar-refractivity contribution in [1.29, 1.82) is 0 Å². The summed E-state index contributed by atoms with van der Waals surface area (Å²) < 4.78 is 0. The Labute approximate surface area is 170 Å². The van der Waals surface area contributed by atoms with Crippen molar-refractivity contribution in [2.45, 2.75) is 6.54 Å². The molecule has 0 bridgehead atoms. The molecule has 0 radical (unpaired) electrons. The topological polar surface area (TPSA) is 49.4 Å². The number of amides is 2. The molecule has 0 atom stereocenters. The minimum atomic E-state index is -0.252. The second-order valence-electron chi connectivity index (χ2n) is 5.68. The van der Waals surface area contributed by atoms with Crippen LogP contribution < -0.4 is 5.32 Å². The Morgan fingerprint density at radius 2 is 1.93 bits per heavy atom. The van der Waals surface area contributed by atoms with Crippen molar-refractivity contribution in [3.05, 3.63) is 86.2 Å². The van der Waals surface area contributed by atoms with Crippen molar-refractivity contribution in [1.82, 2.24) is 4.90 Å². The van der Waals surface area contributed by atoms with E-state index in [1.807, 2.05) is 22.9 Å². The first-order chi connectivity index (χ1) is 13.1. The summed E-state index contributed by atoms with van der Waals surface area (Å²) in [5, 5.41) is 6.96. The van der Waals surface area contributed by atoms with E-state index in [1.165, 1.54) is 11.3 Å². The van der Waals surface area contributed by atoms with E-state index in [2.05, 4.69) is 11.9 Å². The molecule has 0 unspecified atom stereocenters. The molecule has 0 aliphatic carbocycles. The fourth-order valence-corrected chi connectivity index (χ4v) is 4.00. The molecule has 0 aliphatic heterocycles. The van der Waals surface area contributed by atoms with Crippen LogP contribution in [0.5, 0.6) is 0 Å². The van der Waals surface area contributed by atoms with Crippen molar-refractivity contribution in [2.75, 3.05) is 11.9 Å². The van der Waals surface area contributed by atoms with Gasteiger partial charge in [-0.3, -0.25) is 9.59 Å². The molecular formula is C20H17ClN2O2S2. The molecule has 4 nitrogen and oxygen atoms in total. The molecule has 2 amide bonds. The number of hydrogen-bond donors (Lipinski definition) is 1. The van der Waals surface area contributed by atoms with Crippen LogP contribution in [0.1, 0.15) is 24.9 Å². The van der Waals surface area contributed by atoms with Crippen LogP contribution in [0.3, 0.4) is 0 Å². The summed E-state index contributed by atoms with van der Waals surface area (Å²) >= 11 is 9.15. The van der Waals surface area contributed by atoms with E-state index in [1.54, 1.807) is 52.6 Å². The molecule has 0 aliphatic rings. The summed E-state index contributed by atoms with van der Waals surface area (Å²) in [7, 11) is 0. The highest BCUT2D eigenvalue weighted by atomic mass is 35.5. The van der Waals surface area contributed by atoms with Gasteiger partial charge < -0.3 is 10.2 Å². The van der Waals surface area contributed by atoms with Crippen molar-refractivity contribution in [3.63, 3.8) is 0 Å². The maximum Gasteiger partial charge on any atom is 0.265 e. The third-order valence-electron chi connectivity index (χ3n) is 3.77. The van der Waals surface area contributed by atoms with Gasteiger partial charge in [0.15, 0.2) is 0 Å². The van der Waals surface area contributed by atoms with Crippen LogP contribution in [-0.2, 0) is 6.54 Å². The number of nitrogens with one attached hydrogen (secondary N) is 1. The van der Waals surface area contributed by atoms with Crippen LogP contribution in [-0.4, -0.2) is 23.3 Å². The number of carbonyl (C=O) groups excluding carboxylic acids is 2. The fraction of sp³-hybridized carbons (Fsp3) is 0.100. The Bertz CT molecular complexity index is 937. The number of carbonyl (C=O) groups is 2. The molecule has 2 aromatic heterocycles. The third-order valence-corrected chi connectivity index (χ3v) is 5.83. The summed E-state index contributed by atoms with van der Waals surface area (Å²) in [5.41, 5.74) is 0.870. The molecule has 138 valence electrons. The highest BCUT2D eigenvalue weighted by Gasteiger charge is 2.18. The number of hydrogen-bond acceptors (Lipinski definition) is 4. The quantitative estimate of drug-likeness (QED) is 0.514. The lowest BCUT2D eigenvalue weighted by Gasteiger charge is -2.21. The van der Waals surface area contributed by atoms with Gasteiger partial charge in [-0.15, -0.1) is 29.3 Å². The Hall–Kier alpha value is -2.41. The first-order valence-corrected chi connectivity index (χ1v) is 10.3. The lowest BCUT2D eigenvalue weighted by Crippen LogP contribution is -2.30. The van der Waals surface area contributed by atoms with E-state index in [9.17, 15) is 9.59 Å². The van der Waals surface area contributed by atoms with Gasteiger partial charge in [-0.05, 0) is 41.1 Å². The minimum Gasteiger partial charge on any atom is -0.330 e. The van der Waals surface area contributed by atoms with Gasteiger partial charge in [0.25, 0.3) is 11.8 Å². The molecule has 7 heteroatoms. The monoisotopic (exact) mass is 416 g/mol. The van der Waals surface area contributed by atoms with Crippen LogP contribution in [0.25, 0.3) is 0 Å². The third kappa shape index (κ3) is 4.86. The number of thiophene rings is 2. The van der Waals surface area contributed by atoms with E-state index in [0.29, 0.717) is 34.2 Å². The van der Waals surface area contributed by atoms with Crippen LogP contribution in [0.2, 0.25) is 5.02 Å². The lowest BCUT2D eigenvalue weighted by molar-refractivity contribution is 0.0764. The standard InChI is InChI=1S/C20H17ClN2O2S2/c1-2-9-23(13-15-5-3-10-26-15)20(25)14-7-8-16(21)17(12-14)22-19(24)18-6-4-11-27-18/h2-8,10-12H,1,9,13H2,(H,22,24). The first kappa shape index (κ1) is 19.4. The maximum atomic E-state index is 13.0. The zero-order valence-corrected chi connectivity index (χ0v) is 16.7. The predicted molar refractivity (Wildman–Crippen MR) is 113 cm³/mol. The first-order valence-electron chi connectivity index (χ1n) is 8.15. The Morgan fingerprint density at radius 1 is 1.15 bits per heavy atom. The molecule has 0 saturated heterocycles. The van der Waals surface area contributed by atoms with Gasteiger partial charge in [0, 0.05) is 17.0 Å². The summed E-state index contributed by atoms with van der Waals surface area (Å²) in [5.74, 6) is -0.398. The van der Waals surface area contributed by atoms with E-state index < -0.39 is 0 Å². The van der Waals surface area contributed by atoms with Gasteiger partial charge in [0.1, 0.15) is 0 Å². The Kier molecular flexibility index (Phi) is 6.45. The van der Waals surface area contributed by atoms with E-state index in [4.69, 9.17) is 11.6 Å². The largest absolute Gasteiger partial charge is 0.330 e. The normalized spacial score (nSPS) is 10.4. The van der Waals surface area contributed by atoms with Gasteiger partial charge in [-0.2, -0.15) is 0 Å². The van der Waals surface area contributed by atoms with Crippen LogP contribution in [0, 0.1) is 0 Å². The Balaban J connectivity index is 1.81. The Morgan fingerprint density at radius 3 is 2.59 bits per heavy atom. The highest BCUT2D eigenvalue weighted by molar-refractivity contribution is 7.12. The molecule has 3 rings (SSSR count). The highest BCUT2D eigenvalue weighted by Crippen LogP contribution is 2.25. The van der Waals surface area contributed by atoms with Crippen LogP contribution >= 0.6 is 34.3 Å². The molecule has 0 saturated carbocycles. The second kappa shape index (κ2) is 8.99. The summed E-state index contributed by atoms with van der Waals surface area (Å²) in [4.78, 5) is 28.6. The average molecular weight is 417 g/mol. The van der Waals surface area contributed by atoms with Crippen molar-refractivity contribution in [3.8, 4) is 0 Å². The number of anilines is 1. The predicted octanol–water partition coefficient (Wildman–Crippen LogP) is 5.54. The zero-order chi connectivity index (χ0) is 19.2. The SMILES string of the molecule is C=CCN(Cc1cccs1)C(=O)c1ccc(Cl)c(NC(=O)c2cccs2)c1. The maximum absolute atomic E-state index is 13.0. The van der Waals surface area contributed by atoms with Gasteiger partial charge in [0.2, 0.25) is 0 Å². The number of nitrogens with zero attached hydrogens (tertiary/aromatic N) is 1. The molecular weight excluding hydrogens is 400 g/mol. The molecule has 3 aromatic rings. The molecule has 0 spiro atoms. The summed E-state index contributed by atoms with van der Waals surface area (Å²) in [6.07, 6.45) is 1.70. The molecule has 1 aromatic carbocycles. The van der Waals surface area contributed by atoms with Crippen molar-refractivity contribution in [2.24, 2.45) is 0 Å². The number of rotatable bonds is 7. The van der Waals surface area contributed by atoms with Gasteiger partial charge in [-0.25, -0.2) is 0 Å². The zero-order valence-electron chi connectivity index (χ0n) is 14.4. The number of halogens is 1. The molecule has 27 heavy (non-hydrogen) atoms. The minimum absolute atomic E-state index is 0.147. The van der Waals surface area contributed by atoms with E-state index >= 15 is 0 Å².